The van der Waals surface area contributed by atoms with Crippen molar-refractivity contribution in [1.29, 1.82) is 0 Å². The monoisotopic (exact) mass is 258 g/mol. The molecule has 0 aliphatic heterocycles. The lowest BCUT2D eigenvalue weighted by Crippen LogP contribution is -2.10. The summed E-state index contributed by atoms with van der Waals surface area (Å²) in [6, 6.07) is 2.04. The zero-order valence-electron chi connectivity index (χ0n) is 9.71. The Morgan fingerprint density at radius 2 is 1.94 bits per heavy atom. The van der Waals surface area contributed by atoms with Crippen molar-refractivity contribution in [2.45, 2.75) is 51.6 Å². The van der Waals surface area contributed by atoms with Crippen LogP contribution >= 0.6 is 22.9 Å². The van der Waals surface area contributed by atoms with E-state index in [9.17, 15) is 5.11 Å². The van der Waals surface area contributed by atoms with Crippen molar-refractivity contribution in [1.82, 2.24) is 0 Å². The van der Waals surface area contributed by atoms with E-state index in [0.29, 0.717) is 5.92 Å². The highest BCUT2D eigenvalue weighted by Gasteiger charge is 2.23. The largest absolute Gasteiger partial charge is 0.387 e. The summed E-state index contributed by atoms with van der Waals surface area (Å²) < 4.78 is 0.822. The Balaban J connectivity index is 2.07. The average molecular weight is 259 g/mol. The molecular weight excluding hydrogens is 240 g/mol. The molecule has 0 spiro atoms. The van der Waals surface area contributed by atoms with Crippen LogP contribution in [0.1, 0.15) is 55.1 Å². The van der Waals surface area contributed by atoms with Crippen LogP contribution in [0, 0.1) is 12.8 Å². The predicted octanol–water partition coefficient (Wildman–Crippen LogP) is 4.71. The SMILES string of the molecule is Cc1cc(C(O)C2CCCCCC2)sc1Cl. The second-order valence-corrected chi connectivity index (χ2v) is 6.49. The zero-order valence-corrected chi connectivity index (χ0v) is 11.3. The molecule has 16 heavy (non-hydrogen) atoms. The molecule has 1 N–H and O–H groups in total. The van der Waals surface area contributed by atoms with Crippen molar-refractivity contribution in [3.8, 4) is 0 Å². The number of hydrogen-bond acceptors (Lipinski definition) is 2. The summed E-state index contributed by atoms with van der Waals surface area (Å²) in [7, 11) is 0. The lowest BCUT2D eigenvalue weighted by atomic mass is 9.93. The van der Waals surface area contributed by atoms with Gasteiger partial charge in [0, 0.05) is 4.88 Å². The smallest absolute Gasteiger partial charge is 0.0961 e. The number of thiophene rings is 1. The first-order chi connectivity index (χ1) is 7.68. The fourth-order valence-corrected chi connectivity index (χ4v) is 3.79. The van der Waals surface area contributed by atoms with E-state index in [1.165, 1.54) is 37.0 Å². The molecule has 3 heteroatoms. The fraction of sp³-hybridized carbons (Fsp3) is 0.692. The number of aryl methyl sites for hydroxylation is 1. The van der Waals surface area contributed by atoms with Gasteiger partial charge in [0.1, 0.15) is 0 Å². The Hall–Kier alpha value is -0.0500. The maximum Gasteiger partial charge on any atom is 0.0961 e. The number of halogens is 1. The minimum absolute atomic E-state index is 0.297. The molecule has 0 bridgehead atoms. The second-order valence-electron chi connectivity index (χ2n) is 4.80. The van der Waals surface area contributed by atoms with E-state index in [4.69, 9.17) is 11.6 Å². The minimum Gasteiger partial charge on any atom is -0.387 e. The third kappa shape index (κ3) is 2.79. The summed E-state index contributed by atoms with van der Waals surface area (Å²) in [5.74, 6) is 0.441. The van der Waals surface area contributed by atoms with E-state index < -0.39 is 0 Å². The highest BCUT2D eigenvalue weighted by molar-refractivity contribution is 7.16. The standard InChI is InChI=1S/C13H19ClOS/c1-9-8-11(16-13(9)14)12(15)10-6-4-2-3-5-7-10/h8,10,12,15H,2-7H2,1H3. The van der Waals surface area contributed by atoms with Crippen molar-refractivity contribution in [2.75, 3.05) is 0 Å². The van der Waals surface area contributed by atoms with Crippen molar-refractivity contribution in [3.63, 3.8) is 0 Å². The topological polar surface area (TPSA) is 20.2 Å². The number of aliphatic hydroxyl groups excluding tert-OH is 1. The van der Waals surface area contributed by atoms with Gasteiger partial charge in [0.2, 0.25) is 0 Å². The molecule has 0 amide bonds. The van der Waals surface area contributed by atoms with E-state index in [0.717, 1.165) is 27.6 Å². The third-order valence-corrected chi connectivity index (χ3v) is 5.14. The quantitative estimate of drug-likeness (QED) is 0.762. The van der Waals surface area contributed by atoms with E-state index in [-0.39, 0.29) is 6.10 Å². The molecule has 1 aromatic heterocycles. The summed E-state index contributed by atoms with van der Waals surface area (Å²) in [6.07, 6.45) is 7.21. The average Bonchev–Trinajstić information content (AvgIpc) is 2.51. The maximum absolute atomic E-state index is 10.4. The highest BCUT2D eigenvalue weighted by atomic mass is 35.5. The second kappa shape index (κ2) is 5.52. The van der Waals surface area contributed by atoms with E-state index >= 15 is 0 Å². The lowest BCUT2D eigenvalue weighted by Gasteiger charge is -2.19. The number of aliphatic hydroxyl groups is 1. The van der Waals surface area contributed by atoms with Crippen LogP contribution in [0.25, 0.3) is 0 Å². The van der Waals surface area contributed by atoms with Crippen molar-refractivity contribution in [2.24, 2.45) is 5.92 Å². The van der Waals surface area contributed by atoms with Gasteiger partial charge in [-0.15, -0.1) is 11.3 Å². The third-order valence-electron chi connectivity index (χ3n) is 3.51. The summed E-state index contributed by atoms with van der Waals surface area (Å²) in [5, 5.41) is 10.4. The Bertz CT molecular complexity index is 320. The molecule has 0 aromatic carbocycles. The van der Waals surface area contributed by atoms with E-state index in [2.05, 4.69) is 0 Å². The van der Waals surface area contributed by atoms with E-state index in [1.54, 1.807) is 0 Å². The van der Waals surface area contributed by atoms with Crippen LogP contribution in [-0.4, -0.2) is 5.11 Å². The molecule has 0 saturated heterocycles. The minimum atomic E-state index is -0.297. The van der Waals surface area contributed by atoms with Crippen LogP contribution in [0.3, 0.4) is 0 Å². The van der Waals surface area contributed by atoms with Crippen molar-refractivity contribution in [3.05, 3.63) is 20.8 Å². The summed E-state index contributed by atoms with van der Waals surface area (Å²) >= 11 is 7.59. The number of rotatable bonds is 2. The highest BCUT2D eigenvalue weighted by Crippen LogP contribution is 2.38. The Morgan fingerprint density at radius 1 is 1.31 bits per heavy atom. The molecule has 1 fully saturated rings. The molecule has 1 nitrogen and oxygen atoms in total. The zero-order chi connectivity index (χ0) is 11.5. The van der Waals surface area contributed by atoms with Gasteiger partial charge in [0.15, 0.2) is 0 Å². The van der Waals surface area contributed by atoms with Crippen molar-refractivity contribution >= 4 is 22.9 Å². The van der Waals surface area contributed by atoms with Crippen LogP contribution < -0.4 is 0 Å². The van der Waals surface area contributed by atoms with Gasteiger partial charge < -0.3 is 5.11 Å². The van der Waals surface area contributed by atoms with Crippen LogP contribution in [0.15, 0.2) is 6.07 Å². The Morgan fingerprint density at radius 3 is 2.44 bits per heavy atom. The van der Waals surface area contributed by atoms with Crippen LogP contribution in [0.2, 0.25) is 4.34 Å². The molecule has 0 radical (unpaired) electrons. The molecule has 1 atom stereocenters. The van der Waals surface area contributed by atoms with Crippen molar-refractivity contribution < 1.29 is 5.11 Å². The van der Waals surface area contributed by atoms with E-state index in [1.807, 2.05) is 13.0 Å². The molecule has 1 aromatic rings. The summed E-state index contributed by atoms with van der Waals surface area (Å²) in [5.41, 5.74) is 1.09. The molecule has 1 aliphatic rings. The summed E-state index contributed by atoms with van der Waals surface area (Å²) in [6.45, 7) is 2.00. The first-order valence-electron chi connectivity index (χ1n) is 6.12. The molecule has 1 saturated carbocycles. The van der Waals surface area contributed by atoms with Gasteiger partial charge in [-0.2, -0.15) is 0 Å². The van der Waals surface area contributed by atoms with Crippen LogP contribution in [0.5, 0.6) is 0 Å². The van der Waals surface area contributed by atoms with Gasteiger partial charge in [0.25, 0.3) is 0 Å². The van der Waals surface area contributed by atoms with Gasteiger partial charge in [-0.25, -0.2) is 0 Å². The van der Waals surface area contributed by atoms with Gasteiger partial charge in [-0.05, 0) is 37.3 Å². The first kappa shape index (κ1) is 12.4. The fourth-order valence-electron chi connectivity index (χ4n) is 2.49. The first-order valence-corrected chi connectivity index (χ1v) is 7.32. The predicted molar refractivity (Wildman–Crippen MR) is 70.2 cm³/mol. The van der Waals surface area contributed by atoms with Gasteiger partial charge in [-0.1, -0.05) is 37.3 Å². The Kier molecular flexibility index (Phi) is 4.28. The molecule has 1 aliphatic carbocycles. The van der Waals surface area contributed by atoms with Gasteiger partial charge in [0.05, 0.1) is 10.4 Å². The normalized spacial score (nSPS) is 20.7. The number of hydrogen-bond donors (Lipinski definition) is 1. The van der Waals surface area contributed by atoms with Crippen LogP contribution in [-0.2, 0) is 0 Å². The molecule has 1 heterocycles. The lowest BCUT2D eigenvalue weighted by molar-refractivity contribution is 0.102. The summed E-state index contributed by atoms with van der Waals surface area (Å²) in [4.78, 5) is 1.05. The molecule has 2 rings (SSSR count). The van der Waals surface area contributed by atoms with Gasteiger partial charge >= 0.3 is 0 Å². The van der Waals surface area contributed by atoms with Crippen LogP contribution in [0.4, 0.5) is 0 Å². The molecular formula is C13H19ClOS. The van der Waals surface area contributed by atoms with Gasteiger partial charge in [-0.3, -0.25) is 0 Å². The maximum atomic E-state index is 10.4. The molecule has 1 unspecified atom stereocenters. The molecule has 90 valence electrons. The Labute approximate surface area is 106 Å².